The highest BCUT2D eigenvalue weighted by Gasteiger charge is 2.18. The zero-order valence-corrected chi connectivity index (χ0v) is 16.7. The van der Waals surface area contributed by atoms with E-state index in [0.29, 0.717) is 18.7 Å². The summed E-state index contributed by atoms with van der Waals surface area (Å²) in [5, 5.41) is 9.11. The molecule has 1 N–H and O–H groups in total. The monoisotopic (exact) mass is 397 g/mol. The highest BCUT2D eigenvalue weighted by atomic mass is 32.2. The van der Waals surface area contributed by atoms with Crippen LogP contribution in [0, 0.1) is 0 Å². The Balaban J connectivity index is 1.45. The molecule has 28 heavy (non-hydrogen) atoms. The van der Waals surface area contributed by atoms with Crippen molar-refractivity contribution >= 4 is 34.5 Å². The van der Waals surface area contributed by atoms with Crippen molar-refractivity contribution in [1.29, 1.82) is 0 Å². The van der Waals surface area contributed by atoms with E-state index in [0.717, 1.165) is 35.0 Å². The first-order chi connectivity index (χ1) is 13.8. The minimum absolute atomic E-state index is 0.127. The number of thioether (sulfide) groups is 1. The number of nitrogens with zero attached hydrogens (tertiary/aromatic N) is 6. The number of fused-ring (bicyclic) bond motifs is 1. The van der Waals surface area contributed by atoms with Gasteiger partial charge in [-0.25, -0.2) is 19.6 Å². The van der Waals surface area contributed by atoms with Gasteiger partial charge in [0.15, 0.2) is 5.65 Å². The van der Waals surface area contributed by atoms with Crippen molar-refractivity contribution < 1.29 is 4.79 Å². The minimum Gasteiger partial charge on any atom is -0.356 e. The largest absolute Gasteiger partial charge is 0.356 e. The molecule has 3 aromatic rings. The summed E-state index contributed by atoms with van der Waals surface area (Å²) in [5.74, 6) is 0.831. The van der Waals surface area contributed by atoms with E-state index < -0.39 is 0 Å². The SMILES string of the molecule is CSc1ncccc1C(=O)NCCn1ncc2c(N3CCCCC3)ncnc21. The van der Waals surface area contributed by atoms with Crippen molar-refractivity contribution in [3.05, 3.63) is 36.4 Å². The molecule has 0 spiro atoms. The van der Waals surface area contributed by atoms with Gasteiger partial charge in [0.1, 0.15) is 17.2 Å². The molecular formula is C19H23N7OS. The van der Waals surface area contributed by atoms with Gasteiger partial charge >= 0.3 is 0 Å². The summed E-state index contributed by atoms with van der Waals surface area (Å²) in [6.45, 7) is 3.05. The van der Waals surface area contributed by atoms with Gasteiger partial charge in [0.2, 0.25) is 0 Å². The number of carbonyl (C=O) groups excluding carboxylic acids is 1. The number of amides is 1. The number of nitrogens with one attached hydrogen (secondary N) is 1. The van der Waals surface area contributed by atoms with Crippen LogP contribution in [0.25, 0.3) is 11.0 Å². The number of hydrogen-bond acceptors (Lipinski definition) is 7. The number of pyridine rings is 1. The minimum atomic E-state index is -0.127. The Morgan fingerprint density at radius 2 is 2.07 bits per heavy atom. The van der Waals surface area contributed by atoms with Crippen molar-refractivity contribution in [2.24, 2.45) is 0 Å². The summed E-state index contributed by atoms with van der Waals surface area (Å²) in [7, 11) is 0. The molecule has 146 valence electrons. The average Bonchev–Trinajstić information content (AvgIpc) is 3.17. The zero-order chi connectivity index (χ0) is 19.3. The van der Waals surface area contributed by atoms with Crippen LogP contribution in [-0.4, -0.2) is 56.5 Å². The first-order valence-electron chi connectivity index (χ1n) is 9.46. The third-order valence-electron chi connectivity index (χ3n) is 4.89. The van der Waals surface area contributed by atoms with E-state index in [2.05, 4.69) is 30.3 Å². The van der Waals surface area contributed by atoms with Crippen molar-refractivity contribution in [3.63, 3.8) is 0 Å². The van der Waals surface area contributed by atoms with Gasteiger partial charge < -0.3 is 10.2 Å². The second-order valence-electron chi connectivity index (χ2n) is 6.67. The van der Waals surface area contributed by atoms with E-state index in [9.17, 15) is 4.79 Å². The predicted molar refractivity (Wildman–Crippen MR) is 110 cm³/mol. The second kappa shape index (κ2) is 8.55. The van der Waals surface area contributed by atoms with Crippen LogP contribution in [0.3, 0.4) is 0 Å². The maximum absolute atomic E-state index is 12.5. The van der Waals surface area contributed by atoms with E-state index in [1.165, 1.54) is 31.0 Å². The van der Waals surface area contributed by atoms with Crippen molar-refractivity contribution in [3.8, 4) is 0 Å². The lowest BCUT2D eigenvalue weighted by Gasteiger charge is -2.27. The number of anilines is 1. The third-order valence-corrected chi connectivity index (χ3v) is 5.60. The molecule has 1 aliphatic rings. The lowest BCUT2D eigenvalue weighted by atomic mass is 10.1. The summed E-state index contributed by atoms with van der Waals surface area (Å²) >= 11 is 1.46. The summed E-state index contributed by atoms with van der Waals surface area (Å²) in [5.41, 5.74) is 1.39. The van der Waals surface area contributed by atoms with Gasteiger partial charge in [-0.15, -0.1) is 11.8 Å². The summed E-state index contributed by atoms with van der Waals surface area (Å²) in [6, 6.07) is 3.56. The highest BCUT2D eigenvalue weighted by molar-refractivity contribution is 7.98. The molecular weight excluding hydrogens is 374 g/mol. The van der Waals surface area contributed by atoms with Crippen LogP contribution < -0.4 is 10.2 Å². The molecule has 0 unspecified atom stereocenters. The van der Waals surface area contributed by atoms with E-state index in [1.54, 1.807) is 24.7 Å². The summed E-state index contributed by atoms with van der Waals surface area (Å²) < 4.78 is 1.82. The van der Waals surface area contributed by atoms with E-state index in [-0.39, 0.29) is 5.91 Å². The van der Waals surface area contributed by atoms with Crippen LogP contribution in [0.1, 0.15) is 29.6 Å². The van der Waals surface area contributed by atoms with Gasteiger partial charge in [-0.05, 0) is 37.7 Å². The van der Waals surface area contributed by atoms with Gasteiger partial charge in [-0.2, -0.15) is 5.10 Å². The molecule has 1 fully saturated rings. The molecule has 1 saturated heterocycles. The number of rotatable bonds is 6. The zero-order valence-electron chi connectivity index (χ0n) is 15.8. The lowest BCUT2D eigenvalue weighted by Crippen LogP contribution is -2.30. The third kappa shape index (κ3) is 3.80. The molecule has 0 aromatic carbocycles. The molecule has 1 aliphatic heterocycles. The molecule has 0 bridgehead atoms. The molecule has 0 saturated carbocycles. The van der Waals surface area contributed by atoms with Crippen molar-refractivity contribution in [2.75, 3.05) is 30.8 Å². The van der Waals surface area contributed by atoms with Crippen LogP contribution in [0.15, 0.2) is 35.9 Å². The van der Waals surface area contributed by atoms with Gasteiger partial charge in [-0.3, -0.25) is 4.79 Å². The molecule has 9 heteroatoms. The quantitative estimate of drug-likeness (QED) is 0.639. The van der Waals surface area contributed by atoms with Crippen molar-refractivity contribution in [2.45, 2.75) is 30.8 Å². The van der Waals surface area contributed by atoms with Gasteiger partial charge in [0.25, 0.3) is 5.91 Å². The van der Waals surface area contributed by atoms with Crippen LogP contribution in [0.4, 0.5) is 5.82 Å². The number of hydrogen-bond donors (Lipinski definition) is 1. The number of carbonyl (C=O) groups is 1. The van der Waals surface area contributed by atoms with Gasteiger partial charge in [-0.1, -0.05) is 0 Å². The van der Waals surface area contributed by atoms with E-state index in [4.69, 9.17) is 0 Å². The topological polar surface area (TPSA) is 88.8 Å². The molecule has 0 atom stereocenters. The van der Waals surface area contributed by atoms with Crippen molar-refractivity contribution in [1.82, 2.24) is 30.0 Å². The fourth-order valence-electron chi connectivity index (χ4n) is 3.50. The molecule has 0 radical (unpaired) electrons. The Morgan fingerprint density at radius 1 is 1.21 bits per heavy atom. The normalized spacial score (nSPS) is 14.4. The molecule has 3 aromatic heterocycles. The average molecular weight is 398 g/mol. The molecule has 4 rings (SSSR count). The van der Waals surface area contributed by atoms with E-state index >= 15 is 0 Å². The van der Waals surface area contributed by atoms with Crippen LogP contribution in [0.2, 0.25) is 0 Å². The predicted octanol–water partition coefficient (Wildman–Crippen LogP) is 2.36. The fourth-order valence-corrected chi connectivity index (χ4v) is 4.05. The van der Waals surface area contributed by atoms with Crippen LogP contribution >= 0.6 is 11.8 Å². The smallest absolute Gasteiger partial charge is 0.254 e. The highest BCUT2D eigenvalue weighted by Crippen LogP contribution is 2.25. The summed E-state index contributed by atoms with van der Waals surface area (Å²) in [4.78, 5) is 27.9. The Labute approximate surface area is 167 Å². The standard InChI is InChI=1S/C19H23N7OS/c1-28-19-14(6-5-7-21-19)18(27)20-8-11-26-17-15(12-24-26)16(22-13-23-17)25-9-3-2-4-10-25/h5-7,12-13H,2-4,8-11H2,1H3,(H,20,27). The maximum Gasteiger partial charge on any atom is 0.254 e. The Bertz CT molecular complexity index is 968. The maximum atomic E-state index is 12.5. The van der Waals surface area contributed by atoms with Crippen LogP contribution in [-0.2, 0) is 6.54 Å². The Hall–Kier alpha value is -2.68. The van der Waals surface area contributed by atoms with Gasteiger partial charge in [0.05, 0.1) is 23.7 Å². The summed E-state index contributed by atoms with van der Waals surface area (Å²) in [6.07, 6.45) is 10.7. The lowest BCUT2D eigenvalue weighted by molar-refractivity contribution is 0.0948. The number of aromatic nitrogens is 5. The second-order valence-corrected chi connectivity index (χ2v) is 7.46. The molecule has 8 nitrogen and oxygen atoms in total. The first-order valence-corrected chi connectivity index (χ1v) is 10.7. The molecule has 1 amide bonds. The van der Waals surface area contributed by atoms with Crippen LogP contribution in [0.5, 0.6) is 0 Å². The fraction of sp³-hybridized carbons (Fsp3) is 0.421. The number of piperidine rings is 1. The van der Waals surface area contributed by atoms with E-state index in [1.807, 2.05) is 17.1 Å². The molecule has 0 aliphatic carbocycles. The molecule has 4 heterocycles. The Kier molecular flexibility index (Phi) is 5.70. The van der Waals surface area contributed by atoms with Gasteiger partial charge in [0, 0.05) is 25.8 Å². The Morgan fingerprint density at radius 3 is 2.89 bits per heavy atom. The first kappa shape index (κ1) is 18.7.